The lowest BCUT2D eigenvalue weighted by molar-refractivity contribution is -0.109. The molecule has 2 aliphatic rings. The van der Waals surface area contributed by atoms with E-state index >= 15 is 0 Å². The summed E-state index contributed by atoms with van der Waals surface area (Å²) < 4.78 is 13.9. The van der Waals surface area contributed by atoms with Gasteiger partial charge in [-0.05, 0) is 54.5 Å². The maximum atomic E-state index is 13.9. The number of amides is 2. The molecule has 1 unspecified atom stereocenters. The van der Waals surface area contributed by atoms with Gasteiger partial charge in [0.15, 0.2) is 0 Å². The highest BCUT2D eigenvalue weighted by Gasteiger charge is 2.29. The molecule has 1 aromatic rings. The van der Waals surface area contributed by atoms with Crippen molar-refractivity contribution in [3.63, 3.8) is 0 Å². The summed E-state index contributed by atoms with van der Waals surface area (Å²) in [6.45, 7) is 14.9. The molecule has 0 spiro atoms. The third-order valence-electron chi connectivity index (χ3n) is 5.65. The van der Waals surface area contributed by atoms with E-state index in [1.54, 1.807) is 6.08 Å². The standard InChI is InChI=1S/C18H19Cl2FN2O.C5H10.C5H12.C4H9NO/c1-2-3-4-13(19)6-5-12-9-22-10-15(12)14-7-17(21)16(20)8-18(14)23-11-24;1-2-4-5-3-1;1-5(2,3)4;1-2-3-5-4-6/h2-8,11-12,15,22H,9-10H2,1H3,(H,23,24);1-5H2;1-4H3;4H,2-3H2,1H3,(H,5,6)/b3-2-,6-5+,13-4+;;;/t12?,15-;;;/m1.../s1. The van der Waals surface area contributed by atoms with Crippen molar-refractivity contribution in [1.29, 1.82) is 0 Å². The molecule has 40 heavy (non-hydrogen) atoms. The molecule has 0 bridgehead atoms. The zero-order chi connectivity index (χ0) is 30.4. The molecule has 1 saturated carbocycles. The van der Waals surface area contributed by atoms with Crippen LogP contribution >= 0.6 is 23.2 Å². The Labute approximate surface area is 252 Å². The number of halogens is 3. The van der Waals surface area contributed by atoms with Crippen LogP contribution in [0, 0.1) is 17.2 Å². The molecular formula is C32H50Cl2FN3O2. The largest absolute Gasteiger partial charge is 0.359 e. The molecule has 1 aliphatic heterocycles. The van der Waals surface area contributed by atoms with E-state index in [0.29, 0.717) is 35.5 Å². The third-order valence-corrected chi connectivity index (χ3v) is 6.19. The van der Waals surface area contributed by atoms with E-state index in [-0.39, 0.29) is 16.9 Å². The topological polar surface area (TPSA) is 70.2 Å². The molecular weight excluding hydrogens is 548 g/mol. The molecule has 226 valence electrons. The first-order valence-electron chi connectivity index (χ1n) is 14.2. The maximum Gasteiger partial charge on any atom is 0.211 e. The van der Waals surface area contributed by atoms with Crippen molar-refractivity contribution in [2.75, 3.05) is 25.0 Å². The first-order valence-corrected chi connectivity index (χ1v) is 15.0. The predicted molar refractivity (Wildman–Crippen MR) is 171 cm³/mol. The smallest absolute Gasteiger partial charge is 0.211 e. The number of hydrogen-bond acceptors (Lipinski definition) is 3. The van der Waals surface area contributed by atoms with Crippen molar-refractivity contribution < 1.29 is 14.0 Å². The van der Waals surface area contributed by atoms with Crippen molar-refractivity contribution >= 4 is 41.7 Å². The molecule has 2 amide bonds. The van der Waals surface area contributed by atoms with E-state index in [9.17, 15) is 14.0 Å². The number of carbonyl (C=O) groups is 2. The molecule has 1 heterocycles. The van der Waals surface area contributed by atoms with Crippen molar-refractivity contribution in [2.45, 2.75) is 86.0 Å². The Hall–Kier alpha value is -2.15. The van der Waals surface area contributed by atoms with Crippen LogP contribution in [-0.2, 0) is 9.59 Å². The number of rotatable bonds is 9. The van der Waals surface area contributed by atoms with Gasteiger partial charge in [-0.15, -0.1) is 0 Å². The first-order chi connectivity index (χ1) is 19.0. The van der Waals surface area contributed by atoms with E-state index < -0.39 is 5.82 Å². The van der Waals surface area contributed by atoms with Gasteiger partial charge in [-0.2, -0.15) is 0 Å². The normalized spacial score (nSPS) is 18.7. The Morgan fingerprint density at radius 1 is 1.07 bits per heavy atom. The number of carbonyl (C=O) groups excluding carboxylic acids is 2. The molecule has 1 aromatic carbocycles. The zero-order valence-electron chi connectivity index (χ0n) is 25.2. The van der Waals surface area contributed by atoms with Crippen molar-refractivity contribution in [3.8, 4) is 0 Å². The minimum Gasteiger partial charge on any atom is -0.359 e. The Bertz CT molecular complexity index is 925. The summed E-state index contributed by atoms with van der Waals surface area (Å²) in [5, 5.41) is 9.02. The van der Waals surface area contributed by atoms with Gasteiger partial charge in [0, 0.05) is 36.3 Å². The van der Waals surface area contributed by atoms with Crippen LogP contribution in [0.15, 0.2) is 47.5 Å². The van der Waals surface area contributed by atoms with Crippen molar-refractivity contribution in [2.24, 2.45) is 11.3 Å². The van der Waals surface area contributed by atoms with Crippen LogP contribution in [0.3, 0.4) is 0 Å². The molecule has 0 aromatic heterocycles. The Morgan fingerprint density at radius 2 is 1.68 bits per heavy atom. The highest BCUT2D eigenvalue weighted by molar-refractivity contribution is 6.31. The molecule has 1 saturated heterocycles. The molecule has 5 nitrogen and oxygen atoms in total. The maximum absolute atomic E-state index is 13.9. The Balaban J connectivity index is 0.000000767. The van der Waals surface area contributed by atoms with Gasteiger partial charge in [0.1, 0.15) is 5.82 Å². The van der Waals surface area contributed by atoms with Gasteiger partial charge >= 0.3 is 0 Å². The number of hydrogen-bond donors (Lipinski definition) is 3. The summed E-state index contributed by atoms with van der Waals surface area (Å²) in [6, 6.07) is 2.84. The fourth-order valence-electron chi connectivity index (χ4n) is 3.85. The fraction of sp³-hybridized carbons (Fsp3) is 0.562. The third kappa shape index (κ3) is 19.0. The lowest BCUT2D eigenvalue weighted by atomic mass is 9.87. The average Bonchev–Trinajstić information content (AvgIpc) is 3.62. The molecule has 2 atom stereocenters. The minimum atomic E-state index is -0.497. The summed E-state index contributed by atoms with van der Waals surface area (Å²) in [5.74, 6) is -0.351. The highest BCUT2D eigenvalue weighted by atomic mass is 35.5. The second-order valence-electron chi connectivity index (χ2n) is 11.3. The summed E-state index contributed by atoms with van der Waals surface area (Å²) in [4.78, 5) is 20.3. The molecule has 8 heteroatoms. The van der Waals surface area contributed by atoms with Crippen LogP contribution in [0.4, 0.5) is 10.1 Å². The van der Waals surface area contributed by atoms with Gasteiger partial charge in [0.05, 0.1) is 5.02 Å². The van der Waals surface area contributed by atoms with Crippen LogP contribution < -0.4 is 16.0 Å². The van der Waals surface area contributed by atoms with E-state index in [4.69, 9.17) is 23.2 Å². The quantitative estimate of drug-likeness (QED) is 0.151. The second kappa shape index (κ2) is 22.5. The van der Waals surface area contributed by atoms with Crippen molar-refractivity contribution in [1.82, 2.24) is 10.6 Å². The minimum absolute atomic E-state index is 0.0153. The SMILES string of the molecule is C1CCCC1.CC(C)(C)C.CCCNC=O.C\C=C/C=C(Cl)\C=C\C1CNC[C@H]1c1cc(F)c(Cl)cc1NC=O. The highest BCUT2D eigenvalue weighted by Crippen LogP contribution is 2.36. The van der Waals surface area contributed by atoms with Gasteiger partial charge < -0.3 is 16.0 Å². The zero-order valence-corrected chi connectivity index (χ0v) is 26.7. The van der Waals surface area contributed by atoms with Crippen LogP contribution in [0.1, 0.15) is 91.5 Å². The summed E-state index contributed by atoms with van der Waals surface area (Å²) in [5.41, 5.74) is 1.75. The molecule has 3 N–H and O–H groups in total. The molecule has 0 radical (unpaired) electrons. The lowest BCUT2D eigenvalue weighted by Gasteiger charge is -2.19. The van der Waals surface area contributed by atoms with E-state index in [2.05, 4.69) is 43.6 Å². The molecule has 2 fully saturated rings. The number of anilines is 1. The van der Waals surface area contributed by atoms with Gasteiger partial charge in [-0.3, -0.25) is 9.59 Å². The summed E-state index contributed by atoms with van der Waals surface area (Å²) in [7, 11) is 0. The second-order valence-corrected chi connectivity index (χ2v) is 12.2. The van der Waals surface area contributed by atoms with Crippen LogP contribution in [-0.4, -0.2) is 32.5 Å². The van der Waals surface area contributed by atoms with Crippen molar-refractivity contribution in [3.05, 3.63) is 63.9 Å². The van der Waals surface area contributed by atoms with Gasteiger partial charge in [-0.1, -0.05) is 108 Å². The summed E-state index contributed by atoms with van der Waals surface area (Å²) >= 11 is 11.9. The van der Waals surface area contributed by atoms with Gasteiger partial charge in [-0.25, -0.2) is 4.39 Å². The van der Waals surface area contributed by atoms with E-state index in [1.165, 1.54) is 44.2 Å². The first kappa shape index (κ1) is 37.9. The Kier molecular flexibility index (Phi) is 21.3. The number of nitrogens with one attached hydrogen (secondary N) is 3. The van der Waals surface area contributed by atoms with Crippen LogP contribution in [0.5, 0.6) is 0 Å². The van der Waals surface area contributed by atoms with Gasteiger partial charge in [0.2, 0.25) is 12.8 Å². The number of allylic oxidation sites excluding steroid dienone is 5. The van der Waals surface area contributed by atoms with Gasteiger partial charge in [0.25, 0.3) is 0 Å². The Morgan fingerprint density at radius 3 is 2.15 bits per heavy atom. The van der Waals surface area contributed by atoms with E-state index in [0.717, 1.165) is 25.1 Å². The monoisotopic (exact) mass is 597 g/mol. The van der Waals surface area contributed by atoms with E-state index in [1.807, 2.05) is 38.2 Å². The van der Waals surface area contributed by atoms with Crippen LogP contribution in [0.2, 0.25) is 5.02 Å². The molecule has 1 aliphatic carbocycles. The van der Waals surface area contributed by atoms with Crippen LogP contribution in [0.25, 0.3) is 0 Å². The molecule has 3 rings (SSSR count). The fourth-order valence-corrected chi connectivity index (χ4v) is 4.15. The summed E-state index contributed by atoms with van der Waals surface area (Å²) in [6.07, 6.45) is 19.2. The predicted octanol–water partition coefficient (Wildman–Crippen LogP) is 8.75. The average molecular weight is 599 g/mol. The lowest BCUT2D eigenvalue weighted by Crippen LogP contribution is -2.12. The number of benzene rings is 1.